The number of benzene rings is 1. The van der Waals surface area contributed by atoms with Crippen molar-refractivity contribution < 1.29 is 9.53 Å². The first kappa shape index (κ1) is 15.8. The van der Waals surface area contributed by atoms with Crippen molar-refractivity contribution >= 4 is 17.3 Å². The van der Waals surface area contributed by atoms with Crippen LogP contribution in [0.5, 0.6) is 0 Å². The second-order valence-electron chi connectivity index (χ2n) is 5.80. The van der Waals surface area contributed by atoms with Gasteiger partial charge in [-0.1, -0.05) is 6.07 Å². The van der Waals surface area contributed by atoms with Crippen molar-refractivity contribution in [2.45, 2.75) is 26.0 Å². The number of carbonyl (C=O) groups is 1. The Morgan fingerprint density at radius 2 is 2.14 bits per heavy atom. The number of rotatable bonds is 4. The van der Waals surface area contributed by atoms with Crippen molar-refractivity contribution in [2.75, 3.05) is 44.5 Å². The molecule has 21 heavy (non-hydrogen) atoms. The fourth-order valence-electron chi connectivity index (χ4n) is 2.50. The van der Waals surface area contributed by atoms with Crippen LogP contribution in [0.1, 0.15) is 18.9 Å². The summed E-state index contributed by atoms with van der Waals surface area (Å²) in [7, 11) is 5.84. The van der Waals surface area contributed by atoms with E-state index in [0.717, 1.165) is 25.3 Å². The topological polar surface area (TPSA) is 44.8 Å². The van der Waals surface area contributed by atoms with Crippen LogP contribution >= 0.6 is 0 Å². The zero-order chi connectivity index (χ0) is 15.4. The summed E-state index contributed by atoms with van der Waals surface area (Å²) in [5.41, 5.74) is 3.33. The van der Waals surface area contributed by atoms with E-state index in [0.29, 0.717) is 6.42 Å². The third-order valence-corrected chi connectivity index (χ3v) is 3.91. The predicted octanol–water partition coefficient (Wildman–Crippen LogP) is 1.93. The van der Waals surface area contributed by atoms with Crippen molar-refractivity contribution in [1.82, 2.24) is 4.90 Å². The molecular weight excluding hydrogens is 266 g/mol. The molecule has 1 N–H and O–H groups in total. The van der Waals surface area contributed by atoms with Gasteiger partial charge in [-0.25, -0.2) is 0 Å². The quantitative estimate of drug-likeness (QED) is 0.921. The molecule has 1 aromatic carbocycles. The minimum Gasteiger partial charge on any atom is -0.381 e. The van der Waals surface area contributed by atoms with Crippen molar-refractivity contribution in [3.05, 3.63) is 23.8 Å². The lowest BCUT2D eigenvalue weighted by Crippen LogP contribution is -2.26. The van der Waals surface area contributed by atoms with Gasteiger partial charge < -0.3 is 19.9 Å². The third kappa shape index (κ3) is 4.19. The number of methoxy groups -OCH3 is 1. The van der Waals surface area contributed by atoms with Crippen LogP contribution in [-0.4, -0.2) is 51.2 Å². The number of hydrogen-bond acceptors (Lipinski definition) is 4. The Hall–Kier alpha value is -1.59. The zero-order valence-corrected chi connectivity index (χ0v) is 13.3. The highest BCUT2D eigenvalue weighted by Gasteiger charge is 2.16. The summed E-state index contributed by atoms with van der Waals surface area (Å²) in [5, 5.41) is 2.95. The van der Waals surface area contributed by atoms with Crippen LogP contribution in [0, 0.1) is 0 Å². The summed E-state index contributed by atoms with van der Waals surface area (Å²) in [6.07, 6.45) is 0.300. The Balaban J connectivity index is 2.11. The number of anilines is 2. The van der Waals surface area contributed by atoms with Crippen LogP contribution < -0.4 is 10.2 Å². The maximum absolute atomic E-state index is 11.9. The summed E-state index contributed by atoms with van der Waals surface area (Å²) in [6.45, 7) is 4.86. The number of amides is 1. The van der Waals surface area contributed by atoms with Gasteiger partial charge in [-0.2, -0.15) is 0 Å². The molecule has 116 valence electrons. The van der Waals surface area contributed by atoms with Crippen LogP contribution in [0.4, 0.5) is 11.4 Å². The van der Waals surface area contributed by atoms with Gasteiger partial charge in [-0.05, 0) is 31.7 Å². The first-order valence-corrected chi connectivity index (χ1v) is 7.35. The molecule has 0 fully saturated rings. The Kier molecular flexibility index (Phi) is 5.20. The zero-order valence-electron chi connectivity index (χ0n) is 13.3. The van der Waals surface area contributed by atoms with Crippen molar-refractivity contribution in [1.29, 1.82) is 0 Å². The molecule has 1 atom stereocenters. The van der Waals surface area contributed by atoms with E-state index in [9.17, 15) is 4.79 Å². The molecule has 0 radical (unpaired) electrons. The van der Waals surface area contributed by atoms with Crippen LogP contribution in [-0.2, 0) is 16.1 Å². The highest BCUT2D eigenvalue weighted by molar-refractivity contribution is 5.91. The second-order valence-corrected chi connectivity index (χ2v) is 5.80. The molecule has 1 unspecified atom stereocenters. The van der Waals surface area contributed by atoms with E-state index in [1.54, 1.807) is 7.11 Å². The summed E-state index contributed by atoms with van der Waals surface area (Å²) in [4.78, 5) is 16.5. The highest BCUT2D eigenvalue weighted by atomic mass is 16.5. The molecule has 1 aromatic rings. The van der Waals surface area contributed by atoms with Crippen molar-refractivity contribution in [3.8, 4) is 0 Å². The molecule has 0 saturated heterocycles. The molecule has 0 spiro atoms. The van der Waals surface area contributed by atoms with Gasteiger partial charge in [0.1, 0.15) is 0 Å². The first-order valence-electron chi connectivity index (χ1n) is 7.35. The molecule has 1 amide bonds. The lowest BCUT2D eigenvalue weighted by atomic mass is 10.1. The molecule has 0 bridgehead atoms. The van der Waals surface area contributed by atoms with Gasteiger partial charge in [0.15, 0.2) is 0 Å². The molecule has 0 aliphatic carbocycles. The third-order valence-electron chi connectivity index (χ3n) is 3.91. The van der Waals surface area contributed by atoms with Crippen molar-refractivity contribution in [2.24, 2.45) is 0 Å². The van der Waals surface area contributed by atoms with Gasteiger partial charge in [0, 0.05) is 45.2 Å². The highest BCUT2D eigenvalue weighted by Crippen LogP contribution is 2.27. The van der Waals surface area contributed by atoms with Crippen molar-refractivity contribution in [3.63, 3.8) is 0 Å². The molecule has 1 aliphatic rings. The van der Waals surface area contributed by atoms with E-state index in [2.05, 4.69) is 41.3 Å². The van der Waals surface area contributed by atoms with E-state index in [-0.39, 0.29) is 12.0 Å². The van der Waals surface area contributed by atoms with Crippen LogP contribution in [0.2, 0.25) is 0 Å². The number of ether oxygens (including phenoxy) is 1. The standard InChI is InChI=1S/C16H25N3O2/c1-12(21-4)9-16(20)17-14-6-5-13-11-18(2)7-8-19(3)15(13)10-14/h5-6,10,12H,7-9,11H2,1-4H3,(H,17,20). The predicted molar refractivity (Wildman–Crippen MR) is 85.8 cm³/mol. The van der Waals surface area contributed by atoms with Gasteiger partial charge in [0.05, 0.1) is 12.5 Å². The first-order chi connectivity index (χ1) is 9.99. The second kappa shape index (κ2) is 6.91. The molecule has 5 heteroatoms. The normalized spacial score (nSPS) is 17.0. The van der Waals surface area contributed by atoms with Gasteiger partial charge in [0.25, 0.3) is 0 Å². The average Bonchev–Trinajstić information content (AvgIpc) is 2.58. The molecule has 1 aliphatic heterocycles. The summed E-state index contributed by atoms with van der Waals surface area (Å²) < 4.78 is 5.12. The Morgan fingerprint density at radius 3 is 2.86 bits per heavy atom. The van der Waals surface area contributed by atoms with Crippen LogP contribution in [0.25, 0.3) is 0 Å². The Morgan fingerprint density at radius 1 is 1.38 bits per heavy atom. The minimum atomic E-state index is -0.0675. The van der Waals surface area contributed by atoms with Gasteiger partial charge in [0.2, 0.25) is 5.91 Å². The SMILES string of the molecule is COC(C)CC(=O)Nc1ccc2c(c1)N(C)CCN(C)C2. The van der Waals surface area contributed by atoms with Crippen LogP contribution in [0.15, 0.2) is 18.2 Å². The molecular formula is C16H25N3O2. The number of carbonyl (C=O) groups excluding carboxylic acids is 1. The molecule has 2 rings (SSSR count). The van der Waals surface area contributed by atoms with E-state index in [4.69, 9.17) is 4.74 Å². The molecule has 0 aromatic heterocycles. The van der Waals surface area contributed by atoms with Gasteiger partial charge >= 0.3 is 0 Å². The maximum Gasteiger partial charge on any atom is 0.226 e. The lowest BCUT2D eigenvalue weighted by molar-refractivity contribution is -0.118. The fourth-order valence-corrected chi connectivity index (χ4v) is 2.50. The largest absolute Gasteiger partial charge is 0.381 e. The number of hydrogen-bond donors (Lipinski definition) is 1. The minimum absolute atomic E-state index is 0.0160. The maximum atomic E-state index is 11.9. The van der Waals surface area contributed by atoms with Crippen LogP contribution in [0.3, 0.4) is 0 Å². The Bertz CT molecular complexity index is 504. The smallest absolute Gasteiger partial charge is 0.226 e. The molecule has 5 nitrogen and oxygen atoms in total. The lowest BCUT2D eigenvalue weighted by Gasteiger charge is -2.20. The van der Waals surface area contributed by atoms with E-state index >= 15 is 0 Å². The fraction of sp³-hybridized carbons (Fsp3) is 0.562. The van der Waals surface area contributed by atoms with E-state index in [1.807, 2.05) is 13.0 Å². The number of likely N-dealkylation sites (N-methyl/N-ethyl adjacent to an activating group) is 2. The van der Waals surface area contributed by atoms with Gasteiger partial charge in [-0.15, -0.1) is 0 Å². The molecule has 1 heterocycles. The average molecular weight is 291 g/mol. The van der Waals surface area contributed by atoms with E-state index < -0.39 is 0 Å². The Labute approximate surface area is 126 Å². The summed E-state index contributed by atoms with van der Waals surface area (Å²) in [6, 6.07) is 6.13. The number of nitrogens with one attached hydrogen (secondary N) is 1. The van der Waals surface area contributed by atoms with Gasteiger partial charge in [-0.3, -0.25) is 4.79 Å². The summed E-state index contributed by atoms with van der Waals surface area (Å²) >= 11 is 0. The molecule has 0 saturated carbocycles. The number of nitrogens with zero attached hydrogens (tertiary/aromatic N) is 2. The monoisotopic (exact) mass is 291 g/mol. The summed E-state index contributed by atoms with van der Waals surface area (Å²) in [5.74, 6) is -0.0160. The number of fused-ring (bicyclic) bond motifs is 1. The van der Waals surface area contributed by atoms with E-state index in [1.165, 1.54) is 11.3 Å².